The quantitative estimate of drug-likeness (QED) is 0.790. The molecule has 3 nitrogen and oxygen atoms in total. The van der Waals surface area contributed by atoms with Crippen LogP contribution < -0.4 is 11.1 Å². The second-order valence-electron chi connectivity index (χ2n) is 5.07. The van der Waals surface area contributed by atoms with Gasteiger partial charge in [0.1, 0.15) is 0 Å². The first-order valence-corrected chi connectivity index (χ1v) is 7.04. The number of hydrogen-bond acceptors (Lipinski definition) is 4. The average molecular weight is 252 g/mol. The minimum Gasteiger partial charge on any atom is -0.397 e. The Bertz CT molecular complexity index is 425. The third kappa shape index (κ3) is 2.63. The van der Waals surface area contributed by atoms with Gasteiger partial charge in [0.25, 0.3) is 0 Å². The van der Waals surface area contributed by atoms with Gasteiger partial charge in [-0.05, 0) is 18.4 Å². The molecule has 0 bridgehead atoms. The van der Waals surface area contributed by atoms with E-state index in [1.54, 1.807) is 0 Å². The molecule has 94 valence electrons. The van der Waals surface area contributed by atoms with Crippen LogP contribution in [0.25, 0.3) is 0 Å². The third-order valence-corrected chi connectivity index (χ3v) is 4.38. The van der Waals surface area contributed by atoms with Crippen molar-refractivity contribution in [3.8, 4) is 0 Å². The molecule has 1 aliphatic rings. The van der Waals surface area contributed by atoms with Crippen molar-refractivity contribution in [2.75, 3.05) is 11.1 Å². The fourth-order valence-electron chi connectivity index (χ4n) is 1.99. The zero-order valence-electron chi connectivity index (χ0n) is 10.6. The van der Waals surface area contributed by atoms with E-state index in [1.165, 1.54) is 24.2 Å². The number of anilines is 2. The summed E-state index contributed by atoms with van der Waals surface area (Å²) in [4.78, 5) is 12.6. The molecule has 0 aromatic carbocycles. The molecule has 1 fully saturated rings. The van der Waals surface area contributed by atoms with Crippen LogP contribution in [0.5, 0.6) is 0 Å². The Labute approximate surface area is 106 Å². The smallest absolute Gasteiger partial charge is 0.177 e. The van der Waals surface area contributed by atoms with E-state index in [-0.39, 0.29) is 11.7 Å². The second kappa shape index (κ2) is 4.69. The minimum atomic E-state index is 0.00751. The second-order valence-corrected chi connectivity index (χ2v) is 6.12. The lowest BCUT2D eigenvalue weighted by Crippen LogP contribution is -2.07. The molecule has 2 rings (SSSR count). The average Bonchev–Trinajstić information content (AvgIpc) is 2.92. The van der Waals surface area contributed by atoms with E-state index in [0.717, 1.165) is 10.9 Å². The number of thiophene rings is 1. The summed E-state index contributed by atoms with van der Waals surface area (Å²) >= 11 is 1.49. The van der Waals surface area contributed by atoms with Gasteiger partial charge in [-0.25, -0.2) is 0 Å². The number of nitrogens with one attached hydrogen (secondary N) is 1. The first-order valence-electron chi connectivity index (χ1n) is 6.23. The van der Waals surface area contributed by atoms with E-state index in [0.29, 0.717) is 16.6 Å². The van der Waals surface area contributed by atoms with E-state index in [2.05, 4.69) is 12.2 Å². The van der Waals surface area contributed by atoms with Crippen molar-refractivity contribution in [1.82, 2.24) is 0 Å². The third-order valence-electron chi connectivity index (χ3n) is 3.28. The van der Waals surface area contributed by atoms with Crippen molar-refractivity contribution >= 4 is 27.8 Å². The minimum absolute atomic E-state index is 0.00751. The monoisotopic (exact) mass is 252 g/mol. The van der Waals surface area contributed by atoms with Gasteiger partial charge in [-0.1, -0.05) is 27.2 Å². The van der Waals surface area contributed by atoms with Crippen LogP contribution >= 0.6 is 11.3 Å². The van der Waals surface area contributed by atoms with Crippen molar-refractivity contribution in [3.63, 3.8) is 0 Å². The summed E-state index contributed by atoms with van der Waals surface area (Å²) in [5, 5.41) is 4.49. The van der Waals surface area contributed by atoms with Gasteiger partial charge in [0.2, 0.25) is 0 Å². The topological polar surface area (TPSA) is 55.1 Å². The molecule has 4 heteroatoms. The largest absolute Gasteiger partial charge is 0.397 e. The maximum Gasteiger partial charge on any atom is 0.177 e. The summed E-state index contributed by atoms with van der Waals surface area (Å²) in [5.41, 5.74) is 6.51. The highest BCUT2D eigenvalue weighted by molar-refractivity contribution is 7.18. The predicted molar refractivity (Wildman–Crippen MR) is 73.7 cm³/mol. The van der Waals surface area contributed by atoms with E-state index < -0.39 is 0 Å². The number of nitrogen functional groups attached to an aromatic ring is 1. The highest BCUT2D eigenvalue weighted by atomic mass is 32.1. The van der Waals surface area contributed by atoms with Crippen LogP contribution in [0.2, 0.25) is 0 Å². The van der Waals surface area contributed by atoms with Crippen LogP contribution in [0, 0.1) is 11.8 Å². The summed E-state index contributed by atoms with van der Waals surface area (Å²) in [6, 6.07) is 2.48. The van der Waals surface area contributed by atoms with Crippen LogP contribution in [0.3, 0.4) is 0 Å². The van der Waals surface area contributed by atoms with Crippen LogP contribution in [0.1, 0.15) is 43.3 Å². The van der Waals surface area contributed by atoms with Crippen molar-refractivity contribution in [2.45, 2.75) is 39.7 Å². The molecule has 2 unspecified atom stereocenters. The van der Waals surface area contributed by atoms with E-state index in [1.807, 2.05) is 19.9 Å². The molecule has 1 saturated carbocycles. The maximum absolute atomic E-state index is 11.9. The van der Waals surface area contributed by atoms with Crippen molar-refractivity contribution in [2.24, 2.45) is 11.8 Å². The normalized spacial score (nSPS) is 22.8. The molecule has 1 heterocycles. The summed E-state index contributed by atoms with van der Waals surface area (Å²) in [6.07, 6.45) is 2.46. The molecule has 0 spiro atoms. The first-order chi connectivity index (χ1) is 8.02. The molecule has 0 saturated heterocycles. The Balaban J connectivity index is 2.06. The summed E-state index contributed by atoms with van der Waals surface area (Å²) < 4.78 is 0. The van der Waals surface area contributed by atoms with Gasteiger partial charge in [-0.2, -0.15) is 0 Å². The molecular formula is C13H20N2OS. The molecule has 0 amide bonds. The fraction of sp³-hybridized carbons (Fsp3) is 0.615. The summed E-state index contributed by atoms with van der Waals surface area (Å²) in [7, 11) is 0. The van der Waals surface area contributed by atoms with Crippen LogP contribution in [-0.4, -0.2) is 11.8 Å². The van der Waals surface area contributed by atoms with Gasteiger partial charge in [-0.3, -0.25) is 4.79 Å². The molecule has 0 aliphatic heterocycles. The van der Waals surface area contributed by atoms with Crippen molar-refractivity contribution < 1.29 is 4.79 Å². The predicted octanol–water partition coefficient (Wildman–Crippen LogP) is 3.38. The standard InChI is InChI=1S/C13H20N2OS/c1-4-8-5-10(8)15-11-6-9(14)13(17-11)12(16)7(2)3/h6-8,10,15H,4-5,14H2,1-3H3. The molecule has 17 heavy (non-hydrogen) atoms. The number of Topliss-reactive ketones (excluding diaryl/α,β-unsaturated/α-hetero) is 1. The lowest BCUT2D eigenvalue weighted by atomic mass is 10.1. The number of ketones is 1. The number of nitrogens with two attached hydrogens (primary N) is 1. The Morgan fingerprint density at radius 3 is 2.88 bits per heavy atom. The summed E-state index contributed by atoms with van der Waals surface area (Å²) in [6.45, 7) is 6.02. The van der Waals surface area contributed by atoms with Gasteiger partial charge >= 0.3 is 0 Å². The zero-order chi connectivity index (χ0) is 12.6. The number of rotatable bonds is 5. The Morgan fingerprint density at radius 2 is 2.35 bits per heavy atom. The molecular weight excluding hydrogens is 232 g/mol. The number of carbonyl (C=O) groups excluding carboxylic acids is 1. The Hall–Kier alpha value is -1.03. The van der Waals surface area contributed by atoms with Gasteiger partial charge in [0.15, 0.2) is 5.78 Å². The van der Waals surface area contributed by atoms with Crippen molar-refractivity contribution in [3.05, 3.63) is 10.9 Å². The molecule has 2 atom stereocenters. The number of hydrogen-bond donors (Lipinski definition) is 2. The van der Waals surface area contributed by atoms with E-state index >= 15 is 0 Å². The van der Waals surface area contributed by atoms with Gasteiger partial charge in [-0.15, -0.1) is 11.3 Å². The molecule has 3 N–H and O–H groups in total. The van der Waals surface area contributed by atoms with Gasteiger partial charge in [0, 0.05) is 12.0 Å². The highest BCUT2D eigenvalue weighted by Crippen LogP contribution is 2.39. The molecule has 1 aromatic rings. The van der Waals surface area contributed by atoms with Crippen LogP contribution in [0.4, 0.5) is 10.7 Å². The van der Waals surface area contributed by atoms with Crippen LogP contribution in [-0.2, 0) is 0 Å². The maximum atomic E-state index is 11.9. The van der Waals surface area contributed by atoms with Crippen LogP contribution in [0.15, 0.2) is 6.07 Å². The SMILES string of the molecule is CCC1CC1Nc1cc(N)c(C(=O)C(C)C)s1. The Kier molecular flexibility index (Phi) is 3.43. The summed E-state index contributed by atoms with van der Waals surface area (Å²) in [5.74, 6) is 0.944. The Morgan fingerprint density at radius 1 is 1.65 bits per heavy atom. The molecule has 1 aromatic heterocycles. The molecule has 1 aliphatic carbocycles. The van der Waals surface area contributed by atoms with E-state index in [9.17, 15) is 4.79 Å². The number of carbonyl (C=O) groups is 1. The fourth-order valence-corrected chi connectivity index (χ4v) is 3.12. The van der Waals surface area contributed by atoms with Crippen molar-refractivity contribution in [1.29, 1.82) is 0 Å². The van der Waals surface area contributed by atoms with E-state index in [4.69, 9.17) is 5.73 Å². The highest BCUT2D eigenvalue weighted by Gasteiger charge is 2.35. The zero-order valence-corrected chi connectivity index (χ0v) is 11.4. The van der Waals surface area contributed by atoms with Gasteiger partial charge < -0.3 is 11.1 Å². The van der Waals surface area contributed by atoms with Gasteiger partial charge in [0.05, 0.1) is 15.6 Å². The lowest BCUT2D eigenvalue weighted by molar-refractivity contribution is 0.0944. The lowest BCUT2D eigenvalue weighted by Gasteiger charge is -2.02. The first kappa shape index (κ1) is 12.4. The molecule has 0 radical (unpaired) electrons.